The zero-order chi connectivity index (χ0) is 27.8. The molecule has 2 amide bonds. The maximum absolute atomic E-state index is 13.2. The van der Waals surface area contributed by atoms with E-state index in [0.717, 1.165) is 24.5 Å². The molecule has 7 nitrogen and oxygen atoms in total. The quantitative estimate of drug-likeness (QED) is 0.263. The number of halogens is 3. The van der Waals surface area contributed by atoms with Crippen LogP contribution in [-0.4, -0.2) is 20.8 Å². The van der Waals surface area contributed by atoms with Gasteiger partial charge in [0.2, 0.25) is 5.88 Å². The Balaban J connectivity index is 1.30. The van der Waals surface area contributed by atoms with E-state index in [-0.39, 0.29) is 17.2 Å². The van der Waals surface area contributed by atoms with Gasteiger partial charge in [0, 0.05) is 29.1 Å². The Hall–Kier alpha value is -4.34. The molecule has 1 saturated carbocycles. The highest BCUT2D eigenvalue weighted by atomic mass is 19.4. The van der Waals surface area contributed by atoms with Crippen LogP contribution in [-0.2, 0) is 11.6 Å². The average molecular weight is 536 g/mol. The van der Waals surface area contributed by atoms with Gasteiger partial charge in [-0.15, -0.1) is 0 Å². The number of aromatic nitrogens is 3. The Labute approximate surface area is 224 Å². The fourth-order valence-corrected chi connectivity index (χ4v) is 4.23. The minimum absolute atomic E-state index is 0.0726. The lowest BCUT2D eigenvalue weighted by atomic mass is 9.86. The highest BCUT2D eigenvalue weighted by molar-refractivity contribution is 6.00. The van der Waals surface area contributed by atoms with E-state index < -0.39 is 17.9 Å². The summed E-state index contributed by atoms with van der Waals surface area (Å²) in [5, 5.41) is 9.28. The van der Waals surface area contributed by atoms with Crippen molar-refractivity contribution in [3.8, 4) is 17.3 Å². The van der Waals surface area contributed by atoms with E-state index in [4.69, 9.17) is 4.74 Å². The molecule has 0 bridgehead atoms. The molecule has 5 rings (SSSR count). The monoisotopic (exact) mass is 535 g/mol. The Bertz CT molecular complexity index is 1490. The molecule has 1 fully saturated rings. The Kier molecular flexibility index (Phi) is 6.80. The molecule has 1 aliphatic rings. The first kappa shape index (κ1) is 26.3. The summed E-state index contributed by atoms with van der Waals surface area (Å²) in [4.78, 5) is 17.1. The number of amides is 2. The van der Waals surface area contributed by atoms with Crippen molar-refractivity contribution >= 4 is 17.4 Å². The number of nitrogens with one attached hydrogen (secondary N) is 2. The van der Waals surface area contributed by atoms with Crippen LogP contribution in [0.4, 0.5) is 29.3 Å². The second-order valence-electron chi connectivity index (χ2n) is 10.5. The molecular formula is C29H28F3N5O2. The van der Waals surface area contributed by atoms with Crippen LogP contribution in [0.2, 0.25) is 0 Å². The summed E-state index contributed by atoms with van der Waals surface area (Å²) < 4.78 is 47.2. The molecular weight excluding hydrogens is 507 g/mol. The van der Waals surface area contributed by atoms with Crippen LogP contribution in [0, 0.1) is 0 Å². The van der Waals surface area contributed by atoms with Crippen molar-refractivity contribution in [3.05, 3.63) is 89.9 Å². The first-order chi connectivity index (χ1) is 18.5. The van der Waals surface area contributed by atoms with Gasteiger partial charge in [-0.25, -0.2) is 14.5 Å². The lowest BCUT2D eigenvalue weighted by Crippen LogP contribution is -2.20. The third-order valence-electron chi connectivity index (χ3n) is 6.31. The molecule has 39 heavy (non-hydrogen) atoms. The summed E-state index contributed by atoms with van der Waals surface area (Å²) in [7, 11) is 0. The maximum Gasteiger partial charge on any atom is 0.435 e. The van der Waals surface area contributed by atoms with Gasteiger partial charge in [-0.1, -0.05) is 39.0 Å². The van der Waals surface area contributed by atoms with Crippen LogP contribution in [0.5, 0.6) is 11.6 Å². The number of anilines is 2. The molecule has 0 unspecified atom stereocenters. The van der Waals surface area contributed by atoms with Gasteiger partial charge < -0.3 is 15.4 Å². The van der Waals surface area contributed by atoms with Gasteiger partial charge in [0.25, 0.3) is 0 Å². The normalized spacial score (nSPS) is 13.7. The number of nitrogens with zero attached hydrogens (tertiary/aromatic N) is 3. The molecule has 2 aromatic carbocycles. The zero-order valence-electron chi connectivity index (χ0n) is 21.7. The first-order valence-electron chi connectivity index (χ1n) is 12.6. The van der Waals surface area contributed by atoms with Crippen molar-refractivity contribution < 1.29 is 22.7 Å². The second-order valence-corrected chi connectivity index (χ2v) is 10.5. The van der Waals surface area contributed by atoms with E-state index in [2.05, 4.69) is 41.5 Å². The molecule has 0 aliphatic heterocycles. The van der Waals surface area contributed by atoms with E-state index in [0.29, 0.717) is 28.5 Å². The van der Waals surface area contributed by atoms with Crippen LogP contribution in [0.25, 0.3) is 5.69 Å². The number of urea groups is 1. The van der Waals surface area contributed by atoms with E-state index >= 15 is 0 Å². The first-order valence-corrected chi connectivity index (χ1v) is 12.6. The van der Waals surface area contributed by atoms with Crippen LogP contribution in [0.15, 0.2) is 72.9 Å². The molecule has 0 radical (unpaired) electrons. The third-order valence-corrected chi connectivity index (χ3v) is 6.31. The van der Waals surface area contributed by atoms with Crippen molar-refractivity contribution in [2.45, 2.75) is 51.1 Å². The van der Waals surface area contributed by atoms with Crippen LogP contribution >= 0.6 is 0 Å². The number of carbonyl (C=O) groups is 1. The van der Waals surface area contributed by atoms with E-state index in [1.807, 2.05) is 24.3 Å². The number of carbonyl (C=O) groups excluding carboxylic acids is 1. The number of ether oxygens (including phenoxy) is 1. The molecule has 10 heteroatoms. The third kappa shape index (κ3) is 6.05. The predicted molar refractivity (Wildman–Crippen MR) is 143 cm³/mol. The van der Waals surface area contributed by atoms with E-state index in [9.17, 15) is 18.0 Å². The summed E-state index contributed by atoms with van der Waals surface area (Å²) in [6.45, 7) is 6.25. The standard InChI is InChI=1S/C29H28F3N5O2/c1-28(2,3)21-7-4-5-9-24(21)39-26-22(8-6-16-33-26)35-27(38)34-19-12-14-20(15-13-19)37-23(18-10-11-18)17-25(36-37)29(30,31)32/h4-9,12-18H,10-11H2,1-3H3,(H2,34,35,38). The zero-order valence-corrected chi connectivity index (χ0v) is 21.7. The molecule has 0 saturated heterocycles. The van der Waals surface area contributed by atoms with Crippen molar-refractivity contribution in [1.29, 1.82) is 0 Å². The number of pyridine rings is 1. The van der Waals surface area contributed by atoms with Gasteiger partial charge in [0.15, 0.2) is 5.69 Å². The number of alkyl halides is 3. The number of benzene rings is 2. The van der Waals surface area contributed by atoms with Crippen LogP contribution in [0.3, 0.4) is 0 Å². The SMILES string of the molecule is CC(C)(C)c1ccccc1Oc1ncccc1NC(=O)Nc1ccc(-n2nc(C(F)(F)F)cc2C2CC2)cc1. The van der Waals surface area contributed by atoms with Gasteiger partial charge in [0.05, 0.1) is 5.69 Å². The molecule has 1 aliphatic carbocycles. The Morgan fingerprint density at radius 3 is 2.36 bits per heavy atom. The number of rotatable bonds is 6. The van der Waals surface area contributed by atoms with Crippen LogP contribution < -0.4 is 15.4 Å². The molecule has 2 aromatic heterocycles. The van der Waals surface area contributed by atoms with Gasteiger partial charge in [-0.05, 0) is 66.8 Å². The summed E-state index contributed by atoms with van der Waals surface area (Å²) in [5.41, 5.74) is 1.78. The maximum atomic E-state index is 13.2. The number of hydrogen-bond donors (Lipinski definition) is 2. The predicted octanol–water partition coefficient (Wildman–Crippen LogP) is 7.90. The highest BCUT2D eigenvalue weighted by Crippen LogP contribution is 2.43. The summed E-state index contributed by atoms with van der Waals surface area (Å²) in [6.07, 6.45) is -1.26. The minimum Gasteiger partial charge on any atom is -0.437 e. The fourth-order valence-electron chi connectivity index (χ4n) is 4.23. The lowest BCUT2D eigenvalue weighted by Gasteiger charge is -2.22. The molecule has 0 atom stereocenters. The lowest BCUT2D eigenvalue weighted by molar-refractivity contribution is -0.141. The van der Waals surface area contributed by atoms with Gasteiger partial charge in [-0.2, -0.15) is 18.3 Å². The smallest absolute Gasteiger partial charge is 0.435 e. The van der Waals surface area contributed by atoms with Crippen molar-refractivity contribution in [1.82, 2.24) is 14.8 Å². The van der Waals surface area contributed by atoms with Crippen molar-refractivity contribution in [3.63, 3.8) is 0 Å². The molecule has 2 heterocycles. The van der Waals surface area contributed by atoms with Crippen LogP contribution in [0.1, 0.15) is 56.5 Å². The van der Waals surface area contributed by atoms with Gasteiger partial charge >= 0.3 is 12.2 Å². The molecule has 4 aromatic rings. The summed E-state index contributed by atoms with van der Waals surface area (Å²) in [5.74, 6) is 0.954. The Morgan fingerprint density at radius 2 is 1.69 bits per heavy atom. The largest absolute Gasteiger partial charge is 0.437 e. The molecule has 202 valence electrons. The van der Waals surface area contributed by atoms with Gasteiger partial charge in [-0.3, -0.25) is 0 Å². The fraction of sp³-hybridized carbons (Fsp3) is 0.276. The average Bonchev–Trinajstić information content (AvgIpc) is 3.62. The Morgan fingerprint density at radius 1 is 0.974 bits per heavy atom. The topological polar surface area (TPSA) is 81.1 Å². The summed E-state index contributed by atoms with van der Waals surface area (Å²) >= 11 is 0. The molecule has 2 N–H and O–H groups in total. The van der Waals surface area contributed by atoms with Gasteiger partial charge in [0.1, 0.15) is 11.4 Å². The summed E-state index contributed by atoms with van der Waals surface area (Å²) in [6, 6.07) is 18.1. The van der Waals surface area contributed by atoms with Crippen molar-refractivity contribution in [2.75, 3.05) is 10.6 Å². The second kappa shape index (κ2) is 10.1. The van der Waals surface area contributed by atoms with Crippen molar-refractivity contribution in [2.24, 2.45) is 0 Å². The highest BCUT2D eigenvalue weighted by Gasteiger charge is 2.38. The number of hydrogen-bond acceptors (Lipinski definition) is 4. The molecule has 0 spiro atoms. The minimum atomic E-state index is -4.52. The van der Waals surface area contributed by atoms with E-state index in [1.54, 1.807) is 42.6 Å². The number of para-hydroxylation sites is 1. The van der Waals surface area contributed by atoms with E-state index in [1.165, 1.54) is 4.68 Å².